The van der Waals surface area contributed by atoms with E-state index in [1.807, 2.05) is 16.8 Å². The van der Waals surface area contributed by atoms with Crippen molar-refractivity contribution >= 4 is 5.91 Å². The second-order valence-corrected chi connectivity index (χ2v) is 5.89. The molecular weight excluding hydrogens is 281 g/mol. The number of hydrogen-bond acceptors (Lipinski definition) is 2. The second kappa shape index (κ2) is 7.20. The van der Waals surface area contributed by atoms with Crippen molar-refractivity contribution in [2.24, 2.45) is 5.92 Å². The van der Waals surface area contributed by atoms with Crippen molar-refractivity contribution in [1.29, 1.82) is 0 Å². The first-order chi connectivity index (χ1) is 10.5. The molecule has 5 heteroatoms. The monoisotopic (exact) mass is 303 g/mol. The molecule has 4 nitrogen and oxygen atoms in total. The first-order valence-corrected chi connectivity index (χ1v) is 7.45. The van der Waals surface area contributed by atoms with Crippen LogP contribution in [0.2, 0.25) is 0 Å². The molecule has 2 rings (SSSR count). The number of aromatic nitrogens is 2. The maximum Gasteiger partial charge on any atom is 0.219 e. The number of rotatable bonds is 6. The summed E-state index contributed by atoms with van der Waals surface area (Å²) in [4.78, 5) is 17.9. The van der Waals surface area contributed by atoms with E-state index in [0.29, 0.717) is 25.6 Å². The molecule has 1 aromatic heterocycles. The molecule has 0 radical (unpaired) electrons. The Morgan fingerprint density at radius 1 is 1.41 bits per heavy atom. The quantitative estimate of drug-likeness (QED) is 0.822. The number of carbonyl (C=O) groups is 1. The zero-order chi connectivity index (χ0) is 16.1. The minimum atomic E-state index is -0.246. The van der Waals surface area contributed by atoms with Crippen molar-refractivity contribution in [3.63, 3.8) is 0 Å². The predicted octanol–water partition coefficient (Wildman–Crippen LogP) is 3.08. The number of hydrogen-bond donors (Lipinski definition) is 0. The molecule has 0 atom stereocenters. The molecule has 2 aromatic rings. The molecule has 0 spiro atoms. The average molecular weight is 303 g/mol. The van der Waals surface area contributed by atoms with Crippen LogP contribution in [-0.4, -0.2) is 26.9 Å². The first kappa shape index (κ1) is 16.2. The van der Waals surface area contributed by atoms with Crippen molar-refractivity contribution < 1.29 is 9.18 Å². The van der Waals surface area contributed by atoms with Gasteiger partial charge in [0.2, 0.25) is 5.91 Å². The number of benzene rings is 1. The normalized spacial score (nSPS) is 11.0. The number of carbonyl (C=O) groups excluding carboxylic acids is 1. The average Bonchev–Trinajstić information content (AvgIpc) is 2.84. The molecule has 118 valence electrons. The van der Waals surface area contributed by atoms with E-state index < -0.39 is 0 Å². The van der Waals surface area contributed by atoms with E-state index in [-0.39, 0.29) is 11.7 Å². The van der Waals surface area contributed by atoms with Gasteiger partial charge in [-0.25, -0.2) is 9.37 Å². The minimum Gasteiger partial charge on any atom is -0.335 e. The van der Waals surface area contributed by atoms with Gasteiger partial charge in [-0.1, -0.05) is 26.0 Å². The molecule has 0 saturated carbocycles. The topological polar surface area (TPSA) is 38.1 Å². The zero-order valence-electron chi connectivity index (χ0n) is 13.3. The Morgan fingerprint density at radius 2 is 2.18 bits per heavy atom. The van der Waals surface area contributed by atoms with Crippen molar-refractivity contribution in [3.8, 4) is 0 Å². The molecule has 0 aliphatic rings. The van der Waals surface area contributed by atoms with E-state index in [9.17, 15) is 9.18 Å². The summed E-state index contributed by atoms with van der Waals surface area (Å²) < 4.78 is 15.2. The third-order valence-corrected chi connectivity index (χ3v) is 3.41. The molecule has 0 saturated heterocycles. The Balaban J connectivity index is 2.13. The third kappa shape index (κ3) is 4.41. The van der Waals surface area contributed by atoms with Crippen LogP contribution in [0.25, 0.3) is 0 Å². The Morgan fingerprint density at radius 3 is 2.82 bits per heavy atom. The van der Waals surface area contributed by atoms with Crippen LogP contribution < -0.4 is 0 Å². The van der Waals surface area contributed by atoms with Crippen molar-refractivity contribution in [2.75, 3.05) is 6.54 Å². The molecule has 0 unspecified atom stereocenters. The van der Waals surface area contributed by atoms with Gasteiger partial charge < -0.3 is 9.47 Å². The lowest BCUT2D eigenvalue weighted by Gasteiger charge is -2.23. The van der Waals surface area contributed by atoms with Gasteiger partial charge in [0.15, 0.2) is 0 Å². The molecule has 0 aliphatic heterocycles. The molecular formula is C17H22FN3O. The highest BCUT2D eigenvalue weighted by Gasteiger charge is 2.14. The fourth-order valence-electron chi connectivity index (χ4n) is 2.38. The number of amides is 1. The van der Waals surface area contributed by atoms with Gasteiger partial charge in [-0.15, -0.1) is 0 Å². The largest absolute Gasteiger partial charge is 0.335 e. The summed E-state index contributed by atoms with van der Waals surface area (Å²) in [5.41, 5.74) is 0.873. The van der Waals surface area contributed by atoms with Crippen molar-refractivity contribution in [3.05, 3.63) is 53.9 Å². The summed E-state index contributed by atoms with van der Waals surface area (Å²) in [5, 5.41) is 0. The van der Waals surface area contributed by atoms with E-state index in [2.05, 4.69) is 18.8 Å². The molecule has 1 aromatic carbocycles. The second-order valence-electron chi connectivity index (χ2n) is 5.89. The molecule has 0 fully saturated rings. The van der Waals surface area contributed by atoms with Crippen LogP contribution in [0.4, 0.5) is 4.39 Å². The van der Waals surface area contributed by atoms with E-state index in [1.165, 1.54) is 12.1 Å². The third-order valence-electron chi connectivity index (χ3n) is 3.41. The number of nitrogens with zero attached hydrogens (tertiary/aromatic N) is 3. The van der Waals surface area contributed by atoms with Crippen molar-refractivity contribution in [1.82, 2.24) is 14.5 Å². The van der Waals surface area contributed by atoms with Crippen molar-refractivity contribution in [2.45, 2.75) is 33.9 Å². The van der Waals surface area contributed by atoms with Gasteiger partial charge in [-0.2, -0.15) is 0 Å². The van der Waals surface area contributed by atoms with Gasteiger partial charge in [0.05, 0.1) is 6.54 Å². The fourth-order valence-corrected chi connectivity index (χ4v) is 2.38. The number of imidazole rings is 1. The smallest absolute Gasteiger partial charge is 0.219 e. The Hall–Kier alpha value is -2.17. The molecule has 0 aliphatic carbocycles. The van der Waals surface area contributed by atoms with Crippen LogP contribution in [-0.2, 0) is 17.9 Å². The Bertz CT molecular complexity index is 636. The molecule has 1 amide bonds. The SMILES string of the molecule is CC(=O)N(Cc1nccn1Cc1cccc(F)c1)CC(C)C. The van der Waals surface area contributed by atoms with E-state index in [1.54, 1.807) is 24.1 Å². The van der Waals surface area contributed by atoms with Crippen LogP contribution >= 0.6 is 0 Å². The van der Waals surface area contributed by atoms with Gasteiger partial charge >= 0.3 is 0 Å². The molecule has 0 N–H and O–H groups in total. The fraction of sp³-hybridized carbons (Fsp3) is 0.412. The van der Waals surface area contributed by atoms with Gasteiger partial charge in [-0.05, 0) is 23.6 Å². The van der Waals surface area contributed by atoms with Gasteiger partial charge in [0, 0.05) is 32.4 Å². The summed E-state index contributed by atoms with van der Waals surface area (Å²) in [7, 11) is 0. The van der Waals surface area contributed by atoms with E-state index in [4.69, 9.17) is 0 Å². The van der Waals surface area contributed by atoms with Crippen LogP contribution in [0.5, 0.6) is 0 Å². The van der Waals surface area contributed by atoms with E-state index >= 15 is 0 Å². The van der Waals surface area contributed by atoms with Crippen LogP contribution in [0.15, 0.2) is 36.7 Å². The van der Waals surface area contributed by atoms with Gasteiger partial charge in [0.1, 0.15) is 11.6 Å². The Kier molecular flexibility index (Phi) is 5.31. The lowest BCUT2D eigenvalue weighted by atomic mass is 10.2. The summed E-state index contributed by atoms with van der Waals surface area (Å²) in [6.45, 7) is 7.44. The highest BCUT2D eigenvalue weighted by Crippen LogP contribution is 2.11. The molecule has 1 heterocycles. The maximum atomic E-state index is 13.3. The molecule has 22 heavy (non-hydrogen) atoms. The zero-order valence-corrected chi connectivity index (χ0v) is 13.3. The maximum absolute atomic E-state index is 13.3. The Labute approximate surface area is 130 Å². The first-order valence-electron chi connectivity index (χ1n) is 7.45. The van der Waals surface area contributed by atoms with Crippen LogP contribution in [0.3, 0.4) is 0 Å². The minimum absolute atomic E-state index is 0.0361. The van der Waals surface area contributed by atoms with Gasteiger partial charge in [0.25, 0.3) is 0 Å². The highest BCUT2D eigenvalue weighted by atomic mass is 19.1. The highest BCUT2D eigenvalue weighted by molar-refractivity contribution is 5.73. The lowest BCUT2D eigenvalue weighted by molar-refractivity contribution is -0.130. The van der Waals surface area contributed by atoms with Crippen LogP contribution in [0, 0.1) is 11.7 Å². The standard InChI is InChI=1S/C17H22FN3O/c1-13(2)10-21(14(3)22)12-17-19-7-8-20(17)11-15-5-4-6-16(18)9-15/h4-9,13H,10-12H2,1-3H3. The molecule has 0 bridgehead atoms. The van der Waals surface area contributed by atoms with Gasteiger partial charge in [-0.3, -0.25) is 4.79 Å². The van der Waals surface area contributed by atoms with E-state index in [0.717, 1.165) is 11.4 Å². The summed E-state index contributed by atoms with van der Waals surface area (Å²) in [5.74, 6) is 0.994. The summed E-state index contributed by atoms with van der Waals surface area (Å²) in [6.07, 6.45) is 3.57. The predicted molar refractivity (Wildman–Crippen MR) is 83.7 cm³/mol. The van der Waals surface area contributed by atoms with Crippen LogP contribution in [0.1, 0.15) is 32.2 Å². The summed E-state index contributed by atoms with van der Waals surface area (Å²) in [6, 6.07) is 6.52. The summed E-state index contributed by atoms with van der Waals surface area (Å²) >= 11 is 0. The number of halogens is 1. The lowest BCUT2D eigenvalue weighted by Crippen LogP contribution is -2.32.